The number of amides is 1. The second-order valence-corrected chi connectivity index (χ2v) is 10.7. The highest BCUT2D eigenvalue weighted by Crippen LogP contribution is 2.26. The van der Waals surface area contributed by atoms with Gasteiger partial charge in [0.25, 0.3) is 10.0 Å². The third kappa shape index (κ3) is 4.85. The van der Waals surface area contributed by atoms with E-state index in [1.165, 1.54) is 15.6 Å². The number of anilines is 1. The lowest BCUT2D eigenvalue weighted by Crippen LogP contribution is -2.45. The van der Waals surface area contributed by atoms with Crippen LogP contribution in [0.15, 0.2) is 46.0 Å². The lowest BCUT2D eigenvalue weighted by Gasteiger charge is -2.31. The molecule has 30 heavy (non-hydrogen) atoms. The van der Waals surface area contributed by atoms with Crippen molar-refractivity contribution in [3.63, 3.8) is 0 Å². The molecule has 1 unspecified atom stereocenters. The smallest absolute Gasteiger partial charge is 0.252 e. The van der Waals surface area contributed by atoms with Gasteiger partial charge in [0.2, 0.25) is 5.91 Å². The van der Waals surface area contributed by atoms with Crippen LogP contribution >= 0.6 is 11.3 Å². The van der Waals surface area contributed by atoms with E-state index < -0.39 is 10.0 Å². The summed E-state index contributed by atoms with van der Waals surface area (Å²) >= 11 is 1.21. The highest BCUT2D eigenvalue weighted by Gasteiger charge is 2.33. The zero-order valence-corrected chi connectivity index (χ0v) is 18.5. The molecule has 2 aliphatic rings. The Labute approximate surface area is 181 Å². The zero-order chi connectivity index (χ0) is 21.0. The first-order chi connectivity index (χ1) is 14.5. The Morgan fingerprint density at radius 2 is 1.90 bits per heavy atom. The van der Waals surface area contributed by atoms with Crippen LogP contribution in [0.4, 0.5) is 5.69 Å². The summed E-state index contributed by atoms with van der Waals surface area (Å²) < 4.78 is 32.7. The maximum absolute atomic E-state index is 12.8. The Kier molecular flexibility index (Phi) is 6.72. The minimum absolute atomic E-state index is 0.0849. The molecule has 2 saturated heterocycles. The van der Waals surface area contributed by atoms with E-state index in [-0.39, 0.29) is 18.4 Å². The molecular formula is C21H27N3O4S2. The Morgan fingerprint density at radius 3 is 2.60 bits per heavy atom. The highest BCUT2D eigenvalue weighted by atomic mass is 32.2. The van der Waals surface area contributed by atoms with E-state index >= 15 is 0 Å². The predicted molar refractivity (Wildman–Crippen MR) is 117 cm³/mol. The predicted octanol–water partition coefficient (Wildman–Crippen LogP) is 2.30. The number of carbonyl (C=O) groups excluding carboxylic acids is 1. The van der Waals surface area contributed by atoms with Crippen LogP contribution in [0.3, 0.4) is 0 Å². The van der Waals surface area contributed by atoms with Crippen molar-refractivity contribution in [2.45, 2.75) is 23.6 Å². The number of hydrogen-bond acceptors (Lipinski definition) is 6. The molecule has 1 aromatic heterocycles. The van der Waals surface area contributed by atoms with E-state index in [2.05, 4.69) is 22.3 Å². The van der Waals surface area contributed by atoms with Gasteiger partial charge < -0.3 is 15.0 Å². The van der Waals surface area contributed by atoms with Crippen molar-refractivity contribution < 1.29 is 17.9 Å². The van der Waals surface area contributed by atoms with Crippen LogP contribution in [-0.4, -0.2) is 58.0 Å². The fourth-order valence-corrected chi connectivity index (χ4v) is 6.56. The topological polar surface area (TPSA) is 79.0 Å². The fourth-order valence-electron chi connectivity index (χ4n) is 3.89. The average molecular weight is 450 g/mol. The van der Waals surface area contributed by atoms with Crippen molar-refractivity contribution in [2.75, 3.05) is 44.3 Å². The van der Waals surface area contributed by atoms with Crippen LogP contribution in [0.2, 0.25) is 0 Å². The standard InChI is InChI=1S/C21H27N3O4S2/c25-21(18-3-1-9-24(16-18)30(26,27)20-4-2-14-29-20)22-15-17-5-7-19(8-6-17)23-10-12-28-13-11-23/h2,4-8,14,18H,1,3,9-13,15-16H2,(H,22,25). The SMILES string of the molecule is O=C(NCc1ccc(N2CCOCC2)cc1)C1CCCN(S(=O)(=O)c2cccs2)C1. The van der Waals surface area contributed by atoms with Crippen LogP contribution in [-0.2, 0) is 26.1 Å². The Hall–Kier alpha value is -1.94. The normalized spacial score (nSPS) is 20.8. The molecular weight excluding hydrogens is 422 g/mol. The van der Waals surface area contributed by atoms with Gasteiger partial charge in [-0.25, -0.2) is 8.42 Å². The second kappa shape index (κ2) is 9.47. The summed E-state index contributed by atoms with van der Waals surface area (Å²) in [5.74, 6) is -0.403. The highest BCUT2D eigenvalue weighted by molar-refractivity contribution is 7.91. The van der Waals surface area contributed by atoms with Crippen LogP contribution < -0.4 is 10.2 Å². The van der Waals surface area contributed by atoms with Crippen LogP contribution in [0.25, 0.3) is 0 Å². The van der Waals surface area contributed by atoms with E-state index in [0.717, 1.165) is 37.6 Å². The van der Waals surface area contributed by atoms with Crippen molar-refractivity contribution in [2.24, 2.45) is 5.92 Å². The number of carbonyl (C=O) groups is 1. The summed E-state index contributed by atoms with van der Waals surface area (Å²) in [6.07, 6.45) is 1.40. The molecule has 3 heterocycles. The maximum Gasteiger partial charge on any atom is 0.252 e. The molecule has 2 fully saturated rings. The van der Waals surface area contributed by atoms with E-state index in [0.29, 0.717) is 30.1 Å². The molecule has 0 bridgehead atoms. The quantitative estimate of drug-likeness (QED) is 0.732. The van der Waals surface area contributed by atoms with Gasteiger partial charge in [0.15, 0.2) is 0 Å². The van der Waals surface area contributed by atoms with Crippen LogP contribution in [0.5, 0.6) is 0 Å². The second-order valence-electron chi connectivity index (χ2n) is 7.62. The number of rotatable bonds is 6. The number of thiophene rings is 1. The van der Waals surface area contributed by atoms with Crippen LogP contribution in [0, 0.1) is 5.92 Å². The van der Waals surface area contributed by atoms with E-state index in [4.69, 9.17) is 4.74 Å². The third-order valence-electron chi connectivity index (χ3n) is 5.62. The molecule has 4 rings (SSSR count). The summed E-state index contributed by atoms with van der Waals surface area (Å²) in [6.45, 7) is 4.42. The number of nitrogens with one attached hydrogen (secondary N) is 1. The maximum atomic E-state index is 12.8. The van der Waals surface area contributed by atoms with Gasteiger partial charge >= 0.3 is 0 Å². The first kappa shape index (κ1) is 21.3. The Bertz CT molecular complexity index is 939. The number of nitrogens with zero attached hydrogens (tertiary/aromatic N) is 2. The molecule has 162 valence electrons. The number of piperidine rings is 1. The van der Waals surface area contributed by atoms with E-state index in [9.17, 15) is 13.2 Å². The molecule has 2 aliphatic heterocycles. The van der Waals surface area contributed by atoms with E-state index in [1.807, 2.05) is 12.1 Å². The molecule has 7 nitrogen and oxygen atoms in total. The van der Waals surface area contributed by atoms with Gasteiger partial charge in [-0.05, 0) is 42.0 Å². The Balaban J connectivity index is 1.31. The van der Waals surface area contributed by atoms with Gasteiger partial charge in [-0.3, -0.25) is 4.79 Å². The molecule has 1 amide bonds. The minimum Gasteiger partial charge on any atom is -0.378 e. The summed E-state index contributed by atoms with van der Waals surface area (Å²) in [6, 6.07) is 11.5. The molecule has 0 radical (unpaired) electrons. The summed E-state index contributed by atoms with van der Waals surface area (Å²) in [5, 5.41) is 4.74. The van der Waals surface area contributed by atoms with Crippen molar-refractivity contribution >= 4 is 33.0 Å². The molecule has 0 spiro atoms. The fraction of sp³-hybridized carbons (Fsp3) is 0.476. The van der Waals surface area contributed by atoms with Crippen molar-refractivity contribution in [1.82, 2.24) is 9.62 Å². The van der Waals surface area contributed by atoms with Gasteiger partial charge in [0, 0.05) is 38.4 Å². The van der Waals surface area contributed by atoms with Gasteiger partial charge in [0.05, 0.1) is 19.1 Å². The largest absolute Gasteiger partial charge is 0.378 e. The van der Waals surface area contributed by atoms with Gasteiger partial charge in [-0.15, -0.1) is 11.3 Å². The number of sulfonamides is 1. The number of ether oxygens (including phenoxy) is 1. The number of benzene rings is 1. The summed E-state index contributed by atoms with van der Waals surface area (Å²) in [5.41, 5.74) is 2.19. The molecule has 2 aromatic rings. The molecule has 0 aliphatic carbocycles. The van der Waals surface area contributed by atoms with Gasteiger partial charge in [-0.1, -0.05) is 18.2 Å². The van der Waals surface area contributed by atoms with Crippen molar-refractivity contribution in [1.29, 1.82) is 0 Å². The number of morpholine rings is 1. The molecule has 1 atom stereocenters. The zero-order valence-electron chi connectivity index (χ0n) is 16.8. The molecule has 1 N–H and O–H groups in total. The molecule has 1 aromatic carbocycles. The monoisotopic (exact) mass is 449 g/mol. The van der Waals surface area contributed by atoms with Gasteiger partial charge in [-0.2, -0.15) is 4.31 Å². The van der Waals surface area contributed by atoms with Crippen molar-refractivity contribution in [3.05, 3.63) is 47.3 Å². The van der Waals surface area contributed by atoms with Crippen LogP contribution in [0.1, 0.15) is 18.4 Å². The molecule has 9 heteroatoms. The lowest BCUT2D eigenvalue weighted by atomic mass is 9.98. The first-order valence-electron chi connectivity index (χ1n) is 10.3. The Morgan fingerprint density at radius 1 is 1.13 bits per heavy atom. The van der Waals surface area contributed by atoms with Crippen molar-refractivity contribution in [3.8, 4) is 0 Å². The molecule has 0 saturated carbocycles. The first-order valence-corrected chi connectivity index (χ1v) is 12.6. The summed E-state index contributed by atoms with van der Waals surface area (Å²) in [7, 11) is -3.51. The third-order valence-corrected chi connectivity index (χ3v) is 8.86. The summed E-state index contributed by atoms with van der Waals surface area (Å²) in [4.78, 5) is 15.0. The van der Waals surface area contributed by atoms with E-state index in [1.54, 1.807) is 17.5 Å². The minimum atomic E-state index is -3.51. The van der Waals surface area contributed by atoms with Gasteiger partial charge in [0.1, 0.15) is 4.21 Å². The average Bonchev–Trinajstić information content (AvgIpc) is 3.34. The number of hydrogen-bond donors (Lipinski definition) is 1. The lowest BCUT2D eigenvalue weighted by molar-refractivity contribution is -0.126.